The van der Waals surface area contributed by atoms with E-state index in [-0.39, 0.29) is 6.04 Å². The molecule has 2 aliphatic rings. The fraction of sp³-hybridized carbons (Fsp3) is 0.909. The predicted octanol–water partition coefficient (Wildman–Crippen LogP) is 2.07. The largest absolute Gasteiger partial charge is 0.299 e. The Morgan fingerprint density at radius 1 is 1.54 bits per heavy atom. The lowest BCUT2D eigenvalue weighted by Gasteiger charge is -2.24. The van der Waals surface area contributed by atoms with Crippen LogP contribution >= 0.6 is 0 Å². The van der Waals surface area contributed by atoms with Crippen molar-refractivity contribution in [2.45, 2.75) is 51.1 Å². The fourth-order valence-electron chi connectivity index (χ4n) is 2.62. The van der Waals surface area contributed by atoms with E-state index in [0.717, 1.165) is 18.3 Å². The highest BCUT2D eigenvalue weighted by Crippen LogP contribution is 2.49. The average Bonchev–Trinajstić information content (AvgIpc) is 2.93. The Kier molecular flexibility index (Phi) is 2.55. The summed E-state index contributed by atoms with van der Waals surface area (Å²) in [5.74, 6) is 1.92. The molecule has 2 saturated carbocycles. The summed E-state index contributed by atoms with van der Waals surface area (Å²) in [6.07, 6.45) is 6.44. The zero-order valence-electron chi connectivity index (χ0n) is 8.29. The third-order valence-corrected chi connectivity index (χ3v) is 3.56. The summed E-state index contributed by atoms with van der Waals surface area (Å²) in [5.41, 5.74) is 0. The molecule has 13 heavy (non-hydrogen) atoms. The maximum absolute atomic E-state index is 8.84. The molecule has 2 unspecified atom stereocenters. The van der Waals surface area contributed by atoms with Crippen LogP contribution in [0.1, 0.15) is 39.0 Å². The van der Waals surface area contributed by atoms with Crippen LogP contribution in [0.25, 0.3) is 0 Å². The molecule has 72 valence electrons. The van der Waals surface area contributed by atoms with Gasteiger partial charge in [0.25, 0.3) is 0 Å². The summed E-state index contributed by atoms with van der Waals surface area (Å²) in [7, 11) is 0. The van der Waals surface area contributed by atoms with E-state index in [1.54, 1.807) is 0 Å². The number of hydrogen-bond acceptors (Lipinski definition) is 2. The van der Waals surface area contributed by atoms with Crippen LogP contribution in [-0.2, 0) is 0 Å². The molecule has 0 amide bonds. The number of fused-ring (bicyclic) bond motifs is 1. The molecule has 0 aromatic heterocycles. The molecule has 4 atom stereocenters. The standard InChI is InChI=1S/C11H18N2/c1-2-9(7-12)13-11-5-3-4-8-6-10(8)11/h8-11,13H,2-6H2,1H3/t8-,9?,10+,11?/m0/s1. The zero-order valence-corrected chi connectivity index (χ0v) is 8.29. The van der Waals surface area contributed by atoms with Crippen molar-refractivity contribution >= 4 is 0 Å². The van der Waals surface area contributed by atoms with E-state index < -0.39 is 0 Å². The summed E-state index contributed by atoms with van der Waals surface area (Å²) in [4.78, 5) is 0. The number of hydrogen-bond donors (Lipinski definition) is 1. The van der Waals surface area contributed by atoms with Gasteiger partial charge in [-0.15, -0.1) is 0 Å². The SMILES string of the molecule is CCC(C#N)NC1CCC[C@H]2C[C@@H]12. The van der Waals surface area contributed by atoms with E-state index in [0.29, 0.717) is 6.04 Å². The molecule has 0 radical (unpaired) electrons. The highest BCUT2D eigenvalue weighted by molar-refractivity contribution is 5.01. The predicted molar refractivity (Wildman–Crippen MR) is 52.1 cm³/mol. The molecular weight excluding hydrogens is 160 g/mol. The molecule has 0 heterocycles. The number of nitriles is 1. The molecule has 2 fully saturated rings. The molecule has 0 aromatic rings. The summed E-state index contributed by atoms with van der Waals surface area (Å²) in [6.45, 7) is 2.08. The van der Waals surface area contributed by atoms with Gasteiger partial charge in [0.15, 0.2) is 0 Å². The minimum Gasteiger partial charge on any atom is -0.299 e. The van der Waals surface area contributed by atoms with Crippen molar-refractivity contribution in [2.75, 3.05) is 0 Å². The topological polar surface area (TPSA) is 35.8 Å². The third-order valence-electron chi connectivity index (χ3n) is 3.56. The fourth-order valence-corrected chi connectivity index (χ4v) is 2.62. The molecule has 2 heteroatoms. The smallest absolute Gasteiger partial charge is 0.0952 e. The molecule has 1 N–H and O–H groups in total. The normalized spacial score (nSPS) is 38.9. The van der Waals surface area contributed by atoms with Gasteiger partial charge in [0.05, 0.1) is 12.1 Å². The van der Waals surface area contributed by atoms with Crippen molar-refractivity contribution in [2.24, 2.45) is 11.8 Å². The van der Waals surface area contributed by atoms with E-state index >= 15 is 0 Å². The summed E-state index contributed by atoms with van der Waals surface area (Å²) < 4.78 is 0. The van der Waals surface area contributed by atoms with Crippen molar-refractivity contribution in [3.05, 3.63) is 0 Å². The van der Waals surface area contributed by atoms with Crippen molar-refractivity contribution in [1.82, 2.24) is 5.32 Å². The Morgan fingerprint density at radius 2 is 2.38 bits per heavy atom. The molecule has 0 aromatic carbocycles. The minimum atomic E-state index is 0.0874. The molecule has 2 nitrogen and oxygen atoms in total. The van der Waals surface area contributed by atoms with Crippen LogP contribution in [0.2, 0.25) is 0 Å². The lowest BCUT2D eigenvalue weighted by atomic mass is 9.95. The first-order chi connectivity index (χ1) is 6.35. The molecule has 0 bridgehead atoms. The van der Waals surface area contributed by atoms with Gasteiger partial charge in [-0.1, -0.05) is 19.8 Å². The maximum Gasteiger partial charge on any atom is 0.0952 e. The van der Waals surface area contributed by atoms with Crippen molar-refractivity contribution in [1.29, 1.82) is 5.26 Å². The maximum atomic E-state index is 8.84. The first kappa shape index (κ1) is 9.02. The Bertz CT molecular complexity index is 219. The van der Waals surface area contributed by atoms with Crippen LogP contribution in [0, 0.1) is 23.2 Å². The third kappa shape index (κ3) is 1.86. The number of rotatable bonds is 3. The van der Waals surface area contributed by atoms with Gasteiger partial charge in [0.2, 0.25) is 0 Å². The van der Waals surface area contributed by atoms with E-state index in [2.05, 4.69) is 18.3 Å². The van der Waals surface area contributed by atoms with Crippen molar-refractivity contribution in [3.63, 3.8) is 0 Å². The molecule has 0 aliphatic heterocycles. The van der Waals surface area contributed by atoms with Crippen molar-refractivity contribution in [3.8, 4) is 6.07 Å². The molecule has 0 spiro atoms. The minimum absolute atomic E-state index is 0.0874. The molecule has 2 rings (SSSR count). The van der Waals surface area contributed by atoms with Gasteiger partial charge in [-0.3, -0.25) is 5.32 Å². The Hall–Kier alpha value is -0.550. The highest BCUT2D eigenvalue weighted by Gasteiger charge is 2.45. The summed E-state index contributed by atoms with van der Waals surface area (Å²) >= 11 is 0. The van der Waals surface area contributed by atoms with Gasteiger partial charge in [-0.05, 0) is 31.1 Å². The summed E-state index contributed by atoms with van der Waals surface area (Å²) in [5, 5.41) is 12.3. The second-order valence-corrected chi connectivity index (χ2v) is 4.45. The lowest BCUT2D eigenvalue weighted by Crippen LogP contribution is -2.40. The van der Waals surface area contributed by atoms with E-state index in [4.69, 9.17) is 5.26 Å². The van der Waals surface area contributed by atoms with Crippen LogP contribution in [0.4, 0.5) is 0 Å². The quantitative estimate of drug-likeness (QED) is 0.718. The Labute approximate surface area is 80.3 Å². The van der Waals surface area contributed by atoms with Crippen LogP contribution < -0.4 is 5.32 Å². The highest BCUT2D eigenvalue weighted by atomic mass is 15.0. The molecule has 0 saturated heterocycles. The number of nitrogens with zero attached hydrogens (tertiary/aromatic N) is 1. The summed E-state index contributed by atoms with van der Waals surface area (Å²) in [6, 6.07) is 3.07. The van der Waals surface area contributed by atoms with Crippen LogP contribution in [0.5, 0.6) is 0 Å². The van der Waals surface area contributed by atoms with Gasteiger partial charge in [-0.2, -0.15) is 5.26 Å². The first-order valence-corrected chi connectivity index (χ1v) is 5.50. The van der Waals surface area contributed by atoms with Crippen LogP contribution in [-0.4, -0.2) is 12.1 Å². The van der Waals surface area contributed by atoms with Gasteiger partial charge in [-0.25, -0.2) is 0 Å². The second-order valence-electron chi connectivity index (χ2n) is 4.45. The van der Waals surface area contributed by atoms with Gasteiger partial charge in [0, 0.05) is 6.04 Å². The van der Waals surface area contributed by atoms with Crippen LogP contribution in [0.3, 0.4) is 0 Å². The van der Waals surface area contributed by atoms with Gasteiger partial charge >= 0.3 is 0 Å². The van der Waals surface area contributed by atoms with Crippen molar-refractivity contribution < 1.29 is 0 Å². The van der Waals surface area contributed by atoms with Gasteiger partial charge < -0.3 is 0 Å². The first-order valence-electron chi connectivity index (χ1n) is 5.50. The average molecular weight is 178 g/mol. The number of nitrogens with one attached hydrogen (secondary N) is 1. The van der Waals surface area contributed by atoms with E-state index in [1.165, 1.54) is 25.7 Å². The van der Waals surface area contributed by atoms with E-state index in [9.17, 15) is 0 Å². The molecule has 2 aliphatic carbocycles. The lowest BCUT2D eigenvalue weighted by molar-refractivity contribution is 0.336. The Balaban J connectivity index is 1.84. The molecular formula is C11H18N2. The second kappa shape index (κ2) is 3.67. The zero-order chi connectivity index (χ0) is 9.26. The van der Waals surface area contributed by atoms with Gasteiger partial charge in [0.1, 0.15) is 0 Å². The Morgan fingerprint density at radius 3 is 3.08 bits per heavy atom. The monoisotopic (exact) mass is 178 g/mol. The van der Waals surface area contributed by atoms with E-state index in [1.807, 2.05) is 0 Å². The van der Waals surface area contributed by atoms with Crippen LogP contribution in [0.15, 0.2) is 0 Å².